The van der Waals surface area contributed by atoms with Crippen LogP contribution < -0.4 is 10.6 Å². The van der Waals surface area contributed by atoms with Gasteiger partial charge in [0, 0.05) is 19.6 Å². The van der Waals surface area contributed by atoms with Gasteiger partial charge < -0.3 is 15.4 Å². The fourth-order valence-electron chi connectivity index (χ4n) is 2.92. The molecule has 1 saturated heterocycles. The number of rotatable bonds is 4. The van der Waals surface area contributed by atoms with E-state index < -0.39 is 0 Å². The minimum absolute atomic E-state index is 0.0536. The van der Waals surface area contributed by atoms with E-state index in [1.807, 2.05) is 0 Å². The molecule has 2 fully saturated rings. The van der Waals surface area contributed by atoms with Gasteiger partial charge in [-0.25, -0.2) is 0 Å². The molecule has 0 aromatic heterocycles. The van der Waals surface area contributed by atoms with Gasteiger partial charge in [-0.2, -0.15) is 0 Å². The van der Waals surface area contributed by atoms with Gasteiger partial charge in [0.25, 0.3) is 0 Å². The Morgan fingerprint density at radius 1 is 1.39 bits per heavy atom. The summed E-state index contributed by atoms with van der Waals surface area (Å²) in [6, 6.07) is 0. The van der Waals surface area contributed by atoms with Crippen molar-refractivity contribution in [3.63, 3.8) is 0 Å². The molecule has 1 aliphatic heterocycles. The number of hydrogen-bond donors (Lipinski definition) is 2. The first-order valence-corrected chi connectivity index (χ1v) is 7.27. The fraction of sp³-hybridized carbons (Fsp3) is 0.929. The minimum Gasteiger partial charge on any atom is -0.375 e. The molecule has 18 heavy (non-hydrogen) atoms. The molecule has 1 aliphatic carbocycles. The average molecular weight is 254 g/mol. The fourth-order valence-corrected chi connectivity index (χ4v) is 2.92. The number of amides is 1. The Balaban J connectivity index is 1.67. The van der Waals surface area contributed by atoms with E-state index in [4.69, 9.17) is 4.74 Å². The lowest BCUT2D eigenvalue weighted by Crippen LogP contribution is -2.43. The highest BCUT2D eigenvalue weighted by Gasteiger charge is 2.27. The maximum absolute atomic E-state index is 11.9. The van der Waals surface area contributed by atoms with Crippen LogP contribution in [0.25, 0.3) is 0 Å². The molecule has 1 saturated carbocycles. The number of morpholine rings is 1. The lowest BCUT2D eigenvalue weighted by Gasteiger charge is -2.34. The van der Waals surface area contributed by atoms with Crippen LogP contribution in [0.1, 0.15) is 45.4 Å². The van der Waals surface area contributed by atoms with E-state index >= 15 is 0 Å². The molecular formula is C14H26N2O2. The van der Waals surface area contributed by atoms with Crippen molar-refractivity contribution >= 4 is 5.91 Å². The lowest BCUT2D eigenvalue weighted by molar-refractivity contribution is -0.125. The Hall–Kier alpha value is -0.610. The summed E-state index contributed by atoms with van der Waals surface area (Å²) in [6.45, 7) is 5.54. The SMILES string of the molecule is CC1(CNC(=O)CC2CNCCO2)CCCCC1. The van der Waals surface area contributed by atoms with Crippen LogP contribution >= 0.6 is 0 Å². The van der Waals surface area contributed by atoms with E-state index in [-0.39, 0.29) is 12.0 Å². The summed E-state index contributed by atoms with van der Waals surface area (Å²) in [5.41, 5.74) is 0.319. The Morgan fingerprint density at radius 3 is 2.83 bits per heavy atom. The zero-order valence-corrected chi connectivity index (χ0v) is 11.5. The standard InChI is InChI=1S/C14H26N2O2/c1-14(5-3-2-4-6-14)11-16-13(17)9-12-10-15-7-8-18-12/h12,15H,2-11H2,1H3,(H,16,17). The Morgan fingerprint density at radius 2 is 2.17 bits per heavy atom. The van der Waals surface area contributed by atoms with Crippen LogP contribution in [0.3, 0.4) is 0 Å². The molecule has 1 heterocycles. The lowest BCUT2D eigenvalue weighted by atomic mass is 9.76. The van der Waals surface area contributed by atoms with Gasteiger partial charge in [0.1, 0.15) is 0 Å². The molecular weight excluding hydrogens is 228 g/mol. The van der Waals surface area contributed by atoms with Gasteiger partial charge >= 0.3 is 0 Å². The van der Waals surface area contributed by atoms with Crippen LogP contribution in [0.5, 0.6) is 0 Å². The number of nitrogens with one attached hydrogen (secondary N) is 2. The third kappa shape index (κ3) is 4.25. The summed E-state index contributed by atoms with van der Waals surface area (Å²) >= 11 is 0. The second-order valence-electron chi connectivity index (χ2n) is 6.05. The predicted molar refractivity (Wildman–Crippen MR) is 71.4 cm³/mol. The Bertz CT molecular complexity index is 269. The third-order valence-electron chi connectivity index (χ3n) is 4.19. The molecule has 2 rings (SSSR count). The highest BCUT2D eigenvalue weighted by Crippen LogP contribution is 2.34. The Kier molecular flexibility index (Phi) is 5.01. The molecule has 1 unspecified atom stereocenters. The van der Waals surface area contributed by atoms with Crippen LogP contribution in [-0.2, 0) is 9.53 Å². The van der Waals surface area contributed by atoms with Gasteiger partial charge in [0.15, 0.2) is 0 Å². The maximum atomic E-state index is 11.9. The highest BCUT2D eigenvalue weighted by atomic mass is 16.5. The number of carbonyl (C=O) groups excluding carboxylic acids is 1. The topological polar surface area (TPSA) is 50.4 Å². The van der Waals surface area contributed by atoms with E-state index in [2.05, 4.69) is 17.6 Å². The molecule has 0 bridgehead atoms. The van der Waals surface area contributed by atoms with Crippen molar-refractivity contribution in [3.8, 4) is 0 Å². The van der Waals surface area contributed by atoms with E-state index in [1.54, 1.807) is 0 Å². The highest BCUT2D eigenvalue weighted by molar-refractivity contribution is 5.76. The monoisotopic (exact) mass is 254 g/mol. The molecule has 0 aromatic carbocycles. The maximum Gasteiger partial charge on any atom is 0.222 e. The zero-order chi connectivity index (χ0) is 12.8. The van der Waals surface area contributed by atoms with Crippen LogP contribution in [0.4, 0.5) is 0 Å². The van der Waals surface area contributed by atoms with Gasteiger partial charge in [0.2, 0.25) is 5.91 Å². The molecule has 1 amide bonds. The summed E-state index contributed by atoms with van der Waals surface area (Å²) in [7, 11) is 0. The van der Waals surface area contributed by atoms with Crippen LogP contribution in [0.2, 0.25) is 0 Å². The normalized spacial score (nSPS) is 27.7. The second kappa shape index (κ2) is 6.53. The summed E-state index contributed by atoms with van der Waals surface area (Å²) in [5.74, 6) is 0.135. The van der Waals surface area contributed by atoms with E-state index in [0.29, 0.717) is 11.8 Å². The molecule has 1 atom stereocenters. The smallest absolute Gasteiger partial charge is 0.222 e. The van der Waals surface area contributed by atoms with Gasteiger partial charge in [-0.1, -0.05) is 26.2 Å². The average Bonchev–Trinajstić information content (AvgIpc) is 2.39. The molecule has 4 heteroatoms. The van der Waals surface area contributed by atoms with Gasteiger partial charge in [-0.3, -0.25) is 4.79 Å². The van der Waals surface area contributed by atoms with Gasteiger partial charge in [0.05, 0.1) is 19.1 Å². The molecule has 0 radical (unpaired) electrons. The first kappa shape index (κ1) is 13.8. The van der Waals surface area contributed by atoms with Crippen molar-refractivity contribution in [2.45, 2.75) is 51.6 Å². The molecule has 2 N–H and O–H groups in total. The van der Waals surface area contributed by atoms with Crippen molar-refractivity contribution in [1.82, 2.24) is 10.6 Å². The number of carbonyl (C=O) groups is 1. The predicted octanol–water partition coefficient (Wildman–Crippen LogP) is 1.45. The van der Waals surface area contributed by atoms with Crippen molar-refractivity contribution < 1.29 is 9.53 Å². The largest absolute Gasteiger partial charge is 0.375 e. The first-order valence-electron chi connectivity index (χ1n) is 7.27. The van der Waals surface area contributed by atoms with Crippen molar-refractivity contribution in [1.29, 1.82) is 0 Å². The first-order chi connectivity index (χ1) is 8.68. The van der Waals surface area contributed by atoms with Crippen molar-refractivity contribution in [2.75, 3.05) is 26.2 Å². The number of ether oxygens (including phenoxy) is 1. The summed E-state index contributed by atoms with van der Waals surface area (Å²) in [5, 5.41) is 6.34. The Labute approximate surface area is 110 Å². The molecule has 4 nitrogen and oxygen atoms in total. The van der Waals surface area contributed by atoms with Crippen LogP contribution in [-0.4, -0.2) is 38.3 Å². The van der Waals surface area contributed by atoms with Crippen molar-refractivity contribution in [3.05, 3.63) is 0 Å². The summed E-state index contributed by atoms with van der Waals surface area (Å²) in [6.07, 6.45) is 7.00. The van der Waals surface area contributed by atoms with Crippen LogP contribution in [0.15, 0.2) is 0 Å². The van der Waals surface area contributed by atoms with Gasteiger partial charge in [-0.05, 0) is 18.3 Å². The van der Waals surface area contributed by atoms with Gasteiger partial charge in [-0.15, -0.1) is 0 Å². The minimum atomic E-state index is 0.0536. The van der Waals surface area contributed by atoms with Crippen molar-refractivity contribution in [2.24, 2.45) is 5.41 Å². The van der Waals surface area contributed by atoms with E-state index in [1.165, 1.54) is 32.1 Å². The molecule has 104 valence electrons. The molecule has 2 aliphatic rings. The second-order valence-corrected chi connectivity index (χ2v) is 6.05. The quantitative estimate of drug-likeness (QED) is 0.798. The van der Waals surface area contributed by atoms with E-state index in [0.717, 1.165) is 26.2 Å². The third-order valence-corrected chi connectivity index (χ3v) is 4.19. The number of hydrogen-bond acceptors (Lipinski definition) is 3. The van der Waals surface area contributed by atoms with E-state index in [9.17, 15) is 4.79 Å². The molecule has 0 aromatic rings. The van der Waals surface area contributed by atoms with Crippen LogP contribution in [0, 0.1) is 5.41 Å². The molecule has 0 spiro atoms. The zero-order valence-electron chi connectivity index (χ0n) is 11.5. The summed E-state index contributed by atoms with van der Waals surface area (Å²) in [4.78, 5) is 11.9. The summed E-state index contributed by atoms with van der Waals surface area (Å²) < 4.78 is 5.54.